The molecule has 2 atom stereocenters. The maximum Gasteiger partial charge on any atom is 0.240 e. The molecule has 2 aliphatic heterocycles. The van der Waals surface area contributed by atoms with E-state index in [-0.39, 0.29) is 18.0 Å². The molecule has 164 valence electrons. The van der Waals surface area contributed by atoms with Crippen LogP contribution in [0.1, 0.15) is 37.4 Å². The van der Waals surface area contributed by atoms with Gasteiger partial charge in [-0.2, -0.15) is 0 Å². The largest absolute Gasteiger partial charge is 0.383 e. The van der Waals surface area contributed by atoms with Crippen molar-refractivity contribution in [1.82, 2.24) is 19.7 Å². The molecule has 6 nitrogen and oxygen atoms in total. The van der Waals surface area contributed by atoms with Crippen LogP contribution >= 0.6 is 0 Å². The molecule has 1 fully saturated rings. The highest BCUT2D eigenvalue weighted by atomic mass is 16.5. The van der Waals surface area contributed by atoms with Gasteiger partial charge in [0.1, 0.15) is 0 Å². The molecule has 1 aromatic heterocycles. The minimum absolute atomic E-state index is 0.169. The van der Waals surface area contributed by atoms with E-state index in [0.717, 1.165) is 52.2 Å². The van der Waals surface area contributed by atoms with Crippen LogP contribution in [0.5, 0.6) is 0 Å². The van der Waals surface area contributed by atoms with Crippen LogP contribution in [-0.2, 0) is 23.0 Å². The van der Waals surface area contributed by atoms with E-state index in [9.17, 15) is 4.79 Å². The van der Waals surface area contributed by atoms with E-state index in [1.54, 1.807) is 7.11 Å². The third-order valence-corrected chi connectivity index (χ3v) is 6.63. The van der Waals surface area contributed by atoms with E-state index in [0.29, 0.717) is 5.92 Å². The summed E-state index contributed by atoms with van der Waals surface area (Å²) >= 11 is 0. The number of piperazine rings is 1. The predicted octanol–water partition coefficient (Wildman–Crippen LogP) is 2.57. The van der Waals surface area contributed by atoms with Gasteiger partial charge < -0.3 is 14.2 Å². The Labute approximate surface area is 180 Å². The zero-order valence-corrected chi connectivity index (χ0v) is 18.9. The Balaban J connectivity index is 1.56. The second-order valence-corrected chi connectivity index (χ2v) is 9.27. The standard InChI is InChI=1S/C24H36N4O2/c1-17(2)14-20-19-6-5-7-22-23(19)18(16-26(22)3)15-21(25-20)24(29)28-10-8-27(9-11-28)12-13-30-4/h5-7,16-17,20-21,25H,8-15H2,1-4H3/t20-,21-/m0/s1. The number of methoxy groups -OCH3 is 1. The Hall–Kier alpha value is -1.89. The molecule has 1 N–H and O–H groups in total. The van der Waals surface area contributed by atoms with Crippen molar-refractivity contribution in [2.75, 3.05) is 46.4 Å². The van der Waals surface area contributed by atoms with Gasteiger partial charge in [-0.3, -0.25) is 15.0 Å². The number of rotatable bonds is 6. The van der Waals surface area contributed by atoms with Gasteiger partial charge in [0.25, 0.3) is 0 Å². The lowest BCUT2D eigenvalue weighted by Crippen LogP contribution is -2.55. The SMILES string of the molecule is COCCN1CCN(C(=O)[C@@H]2Cc3cn(C)c4cccc(c34)[C@H](CC(C)C)N2)CC1. The average Bonchev–Trinajstić information content (AvgIpc) is 2.97. The number of benzene rings is 1. The van der Waals surface area contributed by atoms with Crippen molar-refractivity contribution in [1.29, 1.82) is 0 Å². The summed E-state index contributed by atoms with van der Waals surface area (Å²) in [6.45, 7) is 9.65. The highest BCUT2D eigenvalue weighted by molar-refractivity contribution is 5.90. The molecule has 1 saturated heterocycles. The average molecular weight is 413 g/mol. The number of nitrogens with zero attached hydrogens (tertiary/aromatic N) is 3. The van der Waals surface area contributed by atoms with E-state index < -0.39 is 0 Å². The molecule has 6 heteroatoms. The summed E-state index contributed by atoms with van der Waals surface area (Å²) in [4.78, 5) is 18.0. The fraction of sp³-hybridized carbons (Fsp3) is 0.625. The number of aryl methyl sites for hydroxylation is 1. The Morgan fingerprint density at radius 2 is 2.00 bits per heavy atom. The Morgan fingerprint density at radius 3 is 2.70 bits per heavy atom. The predicted molar refractivity (Wildman–Crippen MR) is 121 cm³/mol. The van der Waals surface area contributed by atoms with Crippen molar-refractivity contribution in [3.8, 4) is 0 Å². The zero-order chi connectivity index (χ0) is 21.3. The molecular weight excluding hydrogens is 376 g/mol. The number of carbonyl (C=O) groups is 1. The van der Waals surface area contributed by atoms with Gasteiger partial charge in [-0.15, -0.1) is 0 Å². The van der Waals surface area contributed by atoms with Crippen LogP contribution in [0.15, 0.2) is 24.4 Å². The van der Waals surface area contributed by atoms with E-state index in [2.05, 4.69) is 65.0 Å². The lowest BCUT2D eigenvalue weighted by atomic mass is 9.94. The fourth-order valence-corrected chi connectivity index (χ4v) is 5.08. The molecule has 1 amide bonds. The Bertz CT molecular complexity index is 883. The molecule has 0 unspecified atom stereocenters. The molecule has 0 aliphatic carbocycles. The topological polar surface area (TPSA) is 49.7 Å². The molecule has 4 rings (SSSR count). The first-order chi connectivity index (χ1) is 14.5. The van der Waals surface area contributed by atoms with Crippen molar-refractivity contribution in [2.45, 2.75) is 38.8 Å². The number of ether oxygens (including phenoxy) is 1. The summed E-state index contributed by atoms with van der Waals surface area (Å²) in [6, 6.07) is 6.62. The first-order valence-corrected chi connectivity index (χ1v) is 11.3. The summed E-state index contributed by atoms with van der Waals surface area (Å²) in [5.41, 5.74) is 3.90. The first kappa shape index (κ1) is 21.3. The molecule has 0 radical (unpaired) electrons. The van der Waals surface area contributed by atoms with Gasteiger partial charge in [0.05, 0.1) is 12.6 Å². The van der Waals surface area contributed by atoms with Gasteiger partial charge in [0.15, 0.2) is 0 Å². The minimum atomic E-state index is -0.169. The normalized spacial score (nSPS) is 22.6. The lowest BCUT2D eigenvalue weighted by molar-refractivity contribution is -0.135. The van der Waals surface area contributed by atoms with Gasteiger partial charge in [-0.05, 0) is 36.0 Å². The summed E-state index contributed by atoms with van der Waals surface area (Å²) in [6.07, 6.45) is 4.00. The molecule has 2 aliphatic rings. The molecule has 0 bridgehead atoms. The molecule has 2 aromatic rings. The molecule has 0 saturated carbocycles. The number of carbonyl (C=O) groups excluding carboxylic acids is 1. The molecule has 1 aromatic carbocycles. The van der Waals surface area contributed by atoms with Crippen molar-refractivity contribution >= 4 is 16.8 Å². The number of aromatic nitrogens is 1. The third-order valence-electron chi connectivity index (χ3n) is 6.63. The molecule has 30 heavy (non-hydrogen) atoms. The van der Waals surface area contributed by atoms with Crippen LogP contribution in [0.25, 0.3) is 10.9 Å². The van der Waals surface area contributed by atoms with E-state index in [1.165, 1.54) is 22.0 Å². The van der Waals surface area contributed by atoms with Crippen molar-refractivity contribution in [3.05, 3.63) is 35.5 Å². The maximum atomic E-state index is 13.5. The van der Waals surface area contributed by atoms with Crippen LogP contribution in [-0.4, -0.2) is 72.8 Å². The van der Waals surface area contributed by atoms with Crippen molar-refractivity contribution in [3.63, 3.8) is 0 Å². The summed E-state index contributed by atoms with van der Waals surface area (Å²) in [5.74, 6) is 0.808. The molecule has 3 heterocycles. The number of amides is 1. The van der Waals surface area contributed by atoms with Crippen LogP contribution in [0.3, 0.4) is 0 Å². The number of hydrogen-bond acceptors (Lipinski definition) is 4. The highest BCUT2D eigenvalue weighted by Gasteiger charge is 2.33. The highest BCUT2D eigenvalue weighted by Crippen LogP contribution is 2.35. The number of nitrogens with one attached hydrogen (secondary N) is 1. The Morgan fingerprint density at radius 1 is 1.23 bits per heavy atom. The van der Waals surface area contributed by atoms with Crippen LogP contribution in [0.2, 0.25) is 0 Å². The van der Waals surface area contributed by atoms with Gasteiger partial charge in [-0.1, -0.05) is 26.0 Å². The van der Waals surface area contributed by atoms with Crippen molar-refractivity contribution in [2.24, 2.45) is 13.0 Å². The number of hydrogen-bond donors (Lipinski definition) is 1. The monoisotopic (exact) mass is 412 g/mol. The van der Waals surface area contributed by atoms with E-state index >= 15 is 0 Å². The van der Waals surface area contributed by atoms with Crippen LogP contribution < -0.4 is 5.32 Å². The molecule has 0 spiro atoms. The summed E-state index contributed by atoms with van der Waals surface area (Å²) < 4.78 is 7.41. The quantitative estimate of drug-likeness (QED) is 0.792. The zero-order valence-electron chi connectivity index (χ0n) is 18.9. The second kappa shape index (κ2) is 9.08. The van der Waals surface area contributed by atoms with Gasteiger partial charge in [0.2, 0.25) is 5.91 Å². The van der Waals surface area contributed by atoms with E-state index in [1.807, 2.05) is 0 Å². The van der Waals surface area contributed by atoms with Gasteiger partial charge in [0, 0.05) is 70.0 Å². The molecular formula is C24H36N4O2. The maximum absolute atomic E-state index is 13.5. The lowest BCUT2D eigenvalue weighted by Gasteiger charge is -2.37. The Kier molecular flexibility index (Phi) is 6.46. The first-order valence-electron chi connectivity index (χ1n) is 11.3. The summed E-state index contributed by atoms with van der Waals surface area (Å²) in [5, 5.41) is 5.11. The van der Waals surface area contributed by atoms with Gasteiger partial charge >= 0.3 is 0 Å². The third kappa shape index (κ3) is 4.27. The van der Waals surface area contributed by atoms with Crippen LogP contribution in [0.4, 0.5) is 0 Å². The van der Waals surface area contributed by atoms with Gasteiger partial charge in [-0.25, -0.2) is 0 Å². The summed E-state index contributed by atoms with van der Waals surface area (Å²) in [7, 11) is 3.85. The van der Waals surface area contributed by atoms with Crippen molar-refractivity contribution < 1.29 is 9.53 Å². The minimum Gasteiger partial charge on any atom is -0.383 e. The van der Waals surface area contributed by atoms with E-state index in [4.69, 9.17) is 4.74 Å². The fourth-order valence-electron chi connectivity index (χ4n) is 5.08. The second-order valence-electron chi connectivity index (χ2n) is 9.27. The smallest absolute Gasteiger partial charge is 0.240 e. The van der Waals surface area contributed by atoms with Crippen LogP contribution in [0, 0.1) is 5.92 Å².